The maximum Gasteiger partial charge on any atom is 0.431 e. The molecule has 0 saturated heterocycles. The number of alkyl halides is 3. The summed E-state index contributed by atoms with van der Waals surface area (Å²) in [6.07, 6.45) is -4.73. The molecular weight excluding hydrogens is 234 g/mol. The molecule has 90 valence electrons. The molecule has 0 saturated carbocycles. The molecule has 4 nitrogen and oxygen atoms in total. The van der Waals surface area contributed by atoms with E-state index in [2.05, 4.69) is 9.05 Å². The van der Waals surface area contributed by atoms with E-state index in [9.17, 15) is 17.7 Å². The Balaban J connectivity index is 4.89. The molecule has 8 heteroatoms. The molecule has 0 aliphatic heterocycles. The summed E-state index contributed by atoms with van der Waals surface area (Å²) in [4.78, 5) is 0. The van der Waals surface area contributed by atoms with Crippen LogP contribution < -0.4 is 5.73 Å². The first kappa shape index (κ1) is 14.5. The standard InChI is InChI=1S/C7H13F3NO3P/c1-3-13-15(12,14-4-2)5-6(11)7(8,9)10/h5H,3-4,11H2,1-2H3. The fourth-order valence-electron chi connectivity index (χ4n) is 0.715. The van der Waals surface area contributed by atoms with E-state index in [0.717, 1.165) is 0 Å². The zero-order chi connectivity index (χ0) is 12.1. The molecule has 0 aromatic heterocycles. The number of allylic oxidation sites excluding steroid dienone is 1. The van der Waals surface area contributed by atoms with Crippen LogP contribution in [0.4, 0.5) is 13.2 Å². The molecule has 0 aromatic carbocycles. The van der Waals surface area contributed by atoms with E-state index < -0.39 is 19.5 Å². The van der Waals surface area contributed by atoms with Crippen molar-refractivity contribution in [1.29, 1.82) is 0 Å². The van der Waals surface area contributed by atoms with E-state index in [0.29, 0.717) is 5.82 Å². The van der Waals surface area contributed by atoms with Crippen LogP contribution in [0, 0.1) is 0 Å². The Labute approximate surface area is 85.8 Å². The van der Waals surface area contributed by atoms with Gasteiger partial charge in [-0.25, -0.2) is 0 Å². The molecule has 0 spiro atoms. The number of hydrogen-bond donors (Lipinski definition) is 1. The average molecular weight is 247 g/mol. The number of nitrogens with two attached hydrogens (primary N) is 1. The highest BCUT2D eigenvalue weighted by molar-refractivity contribution is 7.57. The maximum absolute atomic E-state index is 12.0. The summed E-state index contributed by atoms with van der Waals surface area (Å²) in [6.45, 7) is 2.92. The van der Waals surface area contributed by atoms with Crippen molar-refractivity contribution >= 4 is 7.60 Å². The molecule has 0 fully saturated rings. The fourth-order valence-corrected chi connectivity index (χ4v) is 2.15. The summed E-state index contributed by atoms with van der Waals surface area (Å²) < 4.78 is 56.9. The van der Waals surface area contributed by atoms with Crippen LogP contribution in [0.25, 0.3) is 0 Å². The van der Waals surface area contributed by atoms with E-state index in [1.54, 1.807) is 0 Å². The van der Waals surface area contributed by atoms with Crippen LogP contribution in [0.1, 0.15) is 13.8 Å². The first-order valence-corrected chi connectivity index (χ1v) is 5.80. The van der Waals surface area contributed by atoms with Gasteiger partial charge in [-0.2, -0.15) is 13.2 Å². The van der Waals surface area contributed by atoms with E-state index in [4.69, 9.17) is 5.73 Å². The second-order valence-corrected chi connectivity index (χ2v) is 4.31. The maximum atomic E-state index is 12.0. The lowest BCUT2D eigenvalue weighted by molar-refractivity contribution is -0.0926. The number of rotatable bonds is 5. The number of halogens is 3. The Morgan fingerprint density at radius 2 is 1.73 bits per heavy atom. The molecule has 0 atom stereocenters. The fraction of sp³-hybridized carbons (Fsp3) is 0.714. The molecule has 0 rings (SSSR count). The molecule has 0 radical (unpaired) electrons. The SMILES string of the molecule is CCOP(=O)(C=C(N)C(F)(F)F)OCC. The van der Waals surface area contributed by atoms with Crippen LogP contribution in [0.5, 0.6) is 0 Å². The topological polar surface area (TPSA) is 61.5 Å². The van der Waals surface area contributed by atoms with E-state index >= 15 is 0 Å². The minimum absolute atomic E-state index is 0.0289. The van der Waals surface area contributed by atoms with Gasteiger partial charge in [0, 0.05) is 0 Å². The third kappa shape index (κ3) is 5.20. The Bertz CT molecular complexity index is 267. The zero-order valence-electron chi connectivity index (χ0n) is 8.37. The summed E-state index contributed by atoms with van der Waals surface area (Å²) in [6, 6.07) is 0. The van der Waals surface area contributed by atoms with Crippen molar-refractivity contribution in [2.24, 2.45) is 5.73 Å². The molecular formula is C7H13F3NO3P. The van der Waals surface area contributed by atoms with Gasteiger partial charge in [0.05, 0.1) is 19.0 Å². The Morgan fingerprint density at radius 3 is 2.00 bits per heavy atom. The summed E-state index contributed by atoms with van der Waals surface area (Å²) >= 11 is 0. The van der Waals surface area contributed by atoms with Crippen LogP contribution in [0.2, 0.25) is 0 Å². The molecule has 0 amide bonds. The van der Waals surface area contributed by atoms with Gasteiger partial charge in [0.1, 0.15) is 5.70 Å². The quantitative estimate of drug-likeness (QED) is 0.758. The van der Waals surface area contributed by atoms with Crippen LogP contribution in [0.15, 0.2) is 11.5 Å². The zero-order valence-corrected chi connectivity index (χ0v) is 9.27. The highest BCUT2D eigenvalue weighted by atomic mass is 31.2. The van der Waals surface area contributed by atoms with Crippen molar-refractivity contribution in [3.05, 3.63) is 11.5 Å². The van der Waals surface area contributed by atoms with E-state index in [1.807, 2.05) is 0 Å². The average Bonchev–Trinajstić information content (AvgIpc) is 2.02. The van der Waals surface area contributed by atoms with Crippen LogP contribution in [-0.4, -0.2) is 19.4 Å². The van der Waals surface area contributed by atoms with Crippen LogP contribution in [0.3, 0.4) is 0 Å². The van der Waals surface area contributed by atoms with Gasteiger partial charge in [-0.05, 0) is 13.8 Å². The van der Waals surface area contributed by atoms with Gasteiger partial charge in [0.25, 0.3) is 0 Å². The van der Waals surface area contributed by atoms with Crippen molar-refractivity contribution in [1.82, 2.24) is 0 Å². The van der Waals surface area contributed by atoms with Gasteiger partial charge in [-0.1, -0.05) is 0 Å². The van der Waals surface area contributed by atoms with Crippen molar-refractivity contribution < 1.29 is 26.8 Å². The summed E-state index contributed by atoms with van der Waals surface area (Å²) in [5, 5.41) is 0. The largest absolute Gasteiger partial charge is 0.431 e. The van der Waals surface area contributed by atoms with Gasteiger partial charge >= 0.3 is 13.8 Å². The molecule has 0 unspecified atom stereocenters. The van der Waals surface area contributed by atoms with Crippen LogP contribution >= 0.6 is 7.60 Å². The monoisotopic (exact) mass is 247 g/mol. The molecule has 15 heavy (non-hydrogen) atoms. The summed E-state index contributed by atoms with van der Waals surface area (Å²) in [7, 11) is -3.88. The van der Waals surface area contributed by atoms with Crippen molar-refractivity contribution in [2.75, 3.05) is 13.2 Å². The Morgan fingerprint density at radius 1 is 1.33 bits per heavy atom. The number of hydrogen-bond acceptors (Lipinski definition) is 4. The molecule has 0 bridgehead atoms. The summed E-state index contributed by atoms with van der Waals surface area (Å²) in [5.41, 5.74) is 3.22. The van der Waals surface area contributed by atoms with Crippen molar-refractivity contribution in [3.63, 3.8) is 0 Å². The Hall–Kier alpha value is -0.520. The first-order valence-electron chi connectivity index (χ1n) is 4.19. The summed E-state index contributed by atoms with van der Waals surface area (Å²) in [5.74, 6) is 0.292. The van der Waals surface area contributed by atoms with Crippen LogP contribution in [-0.2, 0) is 13.6 Å². The second-order valence-electron chi connectivity index (χ2n) is 2.46. The normalized spacial score (nSPS) is 14.3. The first-order chi connectivity index (χ1) is 6.75. The van der Waals surface area contributed by atoms with Crippen molar-refractivity contribution in [3.8, 4) is 0 Å². The lowest BCUT2D eigenvalue weighted by Crippen LogP contribution is -2.19. The molecule has 0 heterocycles. The lowest BCUT2D eigenvalue weighted by Gasteiger charge is -2.14. The molecule has 0 aromatic rings. The predicted molar refractivity (Wildman–Crippen MR) is 49.2 cm³/mol. The highest BCUT2D eigenvalue weighted by Crippen LogP contribution is 2.51. The molecule has 0 aliphatic carbocycles. The van der Waals surface area contributed by atoms with Gasteiger partial charge in [-0.15, -0.1) is 0 Å². The third-order valence-corrected chi connectivity index (χ3v) is 3.07. The van der Waals surface area contributed by atoms with Gasteiger partial charge in [-0.3, -0.25) is 4.57 Å². The van der Waals surface area contributed by atoms with E-state index in [1.165, 1.54) is 13.8 Å². The third-order valence-electron chi connectivity index (χ3n) is 1.24. The minimum atomic E-state index is -4.73. The van der Waals surface area contributed by atoms with Gasteiger partial charge in [0.15, 0.2) is 0 Å². The minimum Gasteiger partial charge on any atom is -0.394 e. The second kappa shape index (κ2) is 5.53. The highest BCUT2D eigenvalue weighted by Gasteiger charge is 2.35. The van der Waals surface area contributed by atoms with Gasteiger partial charge < -0.3 is 14.8 Å². The van der Waals surface area contributed by atoms with Crippen molar-refractivity contribution in [2.45, 2.75) is 20.0 Å². The van der Waals surface area contributed by atoms with E-state index in [-0.39, 0.29) is 13.2 Å². The molecule has 2 N–H and O–H groups in total. The van der Waals surface area contributed by atoms with Gasteiger partial charge in [0.2, 0.25) is 0 Å². The predicted octanol–water partition coefficient (Wildman–Crippen LogP) is 2.61. The smallest absolute Gasteiger partial charge is 0.394 e. The lowest BCUT2D eigenvalue weighted by atomic mass is 10.5. The molecule has 0 aliphatic rings. The Kier molecular flexibility index (Phi) is 5.34.